The summed E-state index contributed by atoms with van der Waals surface area (Å²) in [6.07, 6.45) is 6.89. The van der Waals surface area contributed by atoms with Gasteiger partial charge in [0, 0.05) is 57.1 Å². The van der Waals surface area contributed by atoms with Crippen LogP contribution < -0.4 is 10.6 Å². The third-order valence-electron chi connectivity index (χ3n) is 7.57. The maximum Gasteiger partial charge on any atom is 0.426 e. The van der Waals surface area contributed by atoms with Crippen molar-refractivity contribution in [1.29, 1.82) is 0 Å². The second kappa shape index (κ2) is 11.8. The number of nitrogens with one attached hydrogen (secondary N) is 3. The Morgan fingerprint density at radius 2 is 1.83 bits per heavy atom. The lowest BCUT2D eigenvalue weighted by molar-refractivity contribution is -0.137. The van der Waals surface area contributed by atoms with Crippen LogP contribution in [-0.4, -0.2) is 102 Å². The number of benzene rings is 1. The second-order valence-electron chi connectivity index (χ2n) is 10.0. The minimum absolute atomic E-state index is 0.0843. The predicted molar refractivity (Wildman–Crippen MR) is 138 cm³/mol. The number of carbonyl (C=O) groups excluding carboxylic acids is 2. The molecule has 1 aromatic carbocycles. The Bertz CT molecular complexity index is 1040. The van der Waals surface area contributed by atoms with Gasteiger partial charge in [-0.1, -0.05) is 18.0 Å². The lowest BCUT2D eigenvalue weighted by Crippen LogP contribution is -2.58. The molecule has 1 unspecified atom stereocenters. The number of piperazine rings is 1. The van der Waals surface area contributed by atoms with Gasteiger partial charge in [0.1, 0.15) is 6.04 Å². The quantitative estimate of drug-likeness (QED) is 0.539. The standard InChI is InChI=1S/C25H36ClN7O3/c26-21-15-18(14-19-17-28-30-23(19)21)16-22(29-25(35)36-33-8-2-1-3-9-33)24(34)32-12-10-31(11-13-32)20-4-6-27-7-5-20/h14-15,17,20,22,27H,1-13,16H2,(H,28,30)(H,29,35). The molecule has 1 atom stereocenters. The topological polar surface area (TPSA) is 106 Å². The zero-order chi connectivity index (χ0) is 24.9. The van der Waals surface area contributed by atoms with Crippen LogP contribution in [0.15, 0.2) is 18.3 Å². The molecule has 0 aliphatic carbocycles. The largest absolute Gasteiger partial charge is 0.426 e. The first-order valence-electron chi connectivity index (χ1n) is 13.2. The molecule has 11 heteroatoms. The van der Waals surface area contributed by atoms with Crippen LogP contribution >= 0.6 is 11.6 Å². The van der Waals surface area contributed by atoms with Crippen LogP contribution in [0.5, 0.6) is 0 Å². The summed E-state index contributed by atoms with van der Waals surface area (Å²) in [5.74, 6) is -0.0843. The van der Waals surface area contributed by atoms with E-state index in [-0.39, 0.29) is 5.91 Å². The van der Waals surface area contributed by atoms with E-state index in [0.717, 1.165) is 87.8 Å². The van der Waals surface area contributed by atoms with Gasteiger partial charge in [-0.25, -0.2) is 4.79 Å². The van der Waals surface area contributed by atoms with Crippen molar-refractivity contribution >= 4 is 34.5 Å². The number of piperidine rings is 2. The molecule has 10 nitrogen and oxygen atoms in total. The molecule has 1 aromatic heterocycles. The Kier molecular flexibility index (Phi) is 8.25. The third-order valence-corrected chi connectivity index (χ3v) is 7.87. The van der Waals surface area contributed by atoms with Gasteiger partial charge < -0.3 is 20.4 Å². The lowest BCUT2D eigenvalue weighted by atomic mass is 10.0. The van der Waals surface area contributed by atoms with Crippen molar-refractivity contribution in [2.75, 3.05) is 52.4 Å². The first kappa shape index (κ1) is 25.3. The van der Waals surface area contributed by atoms with Gasteiger partial charge in [-0.2, -0.15) is 5.10 Å². The van der Waals surface area contributed by atoms with Crippen molar-refractivity contribution < 1.29 is 14.4 Å². The van der Waals surface area contributed by atoms with E-state index in [1.165, 1.54) is 0 Å². The summed E-state index contributed by atoms with van der Waals surface area (Å²) in [6.45, 7) is 6.57. The van der Waals surface area contributed by atoms with E-state index < -0.39 is 12.1 Å². The van der Waals surface area contributed by atoms with E-state index in [2.05, 4.69) is 25.7 Å². The molecule has 196 valence electrons. The number of carbonyl (C=O) groups is 2. The molecule has 2 aromatic rings. The number of nitrogens with zero attached hydrogens (tertiary/aromatic N) is 4. The number of fused-ring (bicyclic) bond motifs is 1. The molecule has 0 radical (unpaired) electrons. The van der Waals surface area contributed by atoms with Gasteiger partial charge in [0.05, 0.1) is 16.7 Å². The molecule has 36 heavy (non-hydrogen) atoms. The zero-order valence-electron chi connectivity index (χ0n) is 20.7. The second-order valence-corrected chi connectivity index (χ2v) is 10.4. The van der Waals surface area contributed by atoms with Gasteiger partial charge in [0.2, 0.25) is 5.91 Å². The molecule has 3 aliphatic heterocycles. The fraction of sp³-hybridized carbons (Fsp3) is 0.640. The monoisotopic (exact) mass is 517 g/mol. The van der Waals surface area contributed by atoms with Gasteiger partial charge in [-0.3, -0.25) is 14.8 Å². The maximum absolute atomic E-state index is 13.7. The average Bonchev–Trinajstić information content (AvgIpc) is 3.38. The highest BCUT2D eigenvalue weighted by atomic mass is 35.5. The first-order valence-corrected chi connectivity index (χ1v) is 13.5. The number of halogens is 1. The van der Waals surface area contributed by atoms with Gasteiger partial charge >= 0.3 is 6.09 Å². The SMILES string of the molecule is O=C(NC(Cc1cc(Cl)c2[nH]ncc2c1)C(=O)N1CCN(C2CCNCC2)CC1)ON1CCCCC1. The molecule has 3 fully saturated rings. The first-order chi connectivity index (χ1) is 17.6. The summed E-state index contributed by atoms with van der Waals surface area (Å²) in [6, 6.07) is 3.63. The molecule has 3 saturated heterocycles. The molecule has 3 aliphatic rings. The van der Waals surface area contributed by atoms with Crippen molar-refractivity contribution in [2.45, 2.75) is 50.6 Å². The summed E-state index contributed by atoms with van der Waals surface area (Å²) >= 11 is 6.44. The molecule has 2 amide bonds. The third kappa shape index (κ3) is 6.11. The van der Waals surface area contributed by atoms with Gasteiger partial charge in [0.25, 0.3) is 0 Å². The van der Waals surface area contributed by atoms with Crippen LogP contribution in [0.25, 0.3) is 10.9 Å². The van der Waals surface area contributed by atoms with Crippen molar-refractivity contribution in [3.8, 4) is 0 Å². The van der Waals surface area contributed by atoms with Crippen LogP contribution in [-0.2, 0) is 16.1 Å². The normalized spacial score (nSPS) is 21.4. The number of aromatic amines is 1. The van der Waals surface area contributed by atoms with Crippen LogP contribution in [0.1, 0.15) is 37.7 Å². The van der Waals surface area contributed by atoms with Gasteiger partial charge in [-0.15, -0.1) is 5.06 Å². The molecule has 0 spiro atoms. The maximum atomic E-state index is 13.7. The van der Waals surface area contributed by atoms with E-state index in [1.54, 1.807) is 11.3 Å². The van der Waals surface area contributed by atoms with Crippen molar-refractivity contribution in [2.24, 2.45) is 0 Å². The number of aromatic nitrogens is 2. The highest BCUT2D eigenvalue weighted by Gasteiger charge is 2.32. The van der Waals surface area contributed by atoms with E-state index in [4.69, 9.17) is 16.4 Å². The van der Waals surface area contributed by atoms with Crippen LogP contribution in [0, 0.1) is 0 Å². The minimum atomic E-state index is -0.742. The van der Waals surface area contributed by atoms with Gasteiger partial charge in [-0.05, 0) is 56.5 Å². The van der Waals surface area contributed by atoms with E-state index in [0.29, 0.717) is 30.6 Å². The summed E-state index contributed by atoms with van der Waals surface area (Å²) in [4.78, 5) is 36.4. The number of amides is 2. The Hall–Kier alpha value is -2.40. The lowest BCUT2D eigenvalue weighted by Gasteiger charge is -2.41. The molecule has 5 rings (SSSR count). The molecule has 0 saturated carbocycles. The molecule has 3 N–H and O–H groups in total. The van der Waals surface area contributed by atoms with Crippen LogP contribution in [0.2, 0.25) is 5.02 Å². The smallest absolute Gasteiger partial charge is 0.351 e. The van der Waals surface area contributed by atoms with E-state index in [9.17, 15) is 9.59 Å². The number of H-pyrrole nitrogens is 1. The Balaban J connectivity index is 1.26. The number of hydrogen-bond acceptors (Lipinski definition) is 7. The van der Waals surface area contributed by atoms with Crippen LogP contribution in [0.3, 0.4) is 0 Å². The van der Waals surface area contributed by atoms with Gasteiger partial charge in [0.15, 0.2) is 0 Å². The number of hydroxylamine groups is 2. The zero-order valence-corrected chi connectivity index (χ0v) is 21.4. The molecular formula is C25H36ClN7O3. The Morgan fingerprint density at radius 3 is 2.58 bits per heavy atom. The summed E-state index contributed by atoms with van der Waals surface area (Å²) in [7, 11) is 0. The molecule has 0 bridgehead atoms. The average molecular weight is 518 g/mol. The minimum Gasteiger partial charge on any atom is -0.351 e. The number of hydrogen-bond donors (Lipinski definition) is 3. The Labute approximate surface area is 216 Å². The van der Waals surface area contributed by atoms with E-state index in [1.807, 2.05) is 17.0 Å². The van der Waals surface area contributed by atoms with Crippen molar-refractivity contribution in [3.63, 3.8) is 0 Å². The summed E-state index contributed by atoms with van der Waals surface area (Å²) in [5.41, 5.74) is 1.62. The summed E-state index contributed by atoms with van der Waals surface area (Å²) in [5, 5.41) is 16.3. The molecule has 4 heterocycles. The van der Waals surface area contributed by atoms with Crippen molar-refractivity contribution in [3.05, 3.63) is 28.9 Å². The van der Waals surface area contributed by atoms with Crippen molar-refractivity contribution in [1.82, 2.24) is 35.7 Å². The Morgan fingerprint density at radius 1 is 1.08 bits per heavy atom. The highest BCUT2D eigenvalue weighted by molar-refractivity contribution is 6.35. The van der Waals surface area contributed by atoms with Crippen LogP contribution in [0.4, 0.5) is 4.79 Å². The fourth-order valence-corrected chi connectivity index (χ4v) is 5.86. The number of rotatable bonds is 6. The molecular weight excluding hydrogens is 482 g/mol. The fourth-order valence-electron chi connectivity index (χ4n) is 5.57. The summed E-state index contributed by atoms with van der Waals surface area (Å²) < 4.78 is 0. The predicted octanol–water partition coefficient (Wildman–Crippen LogP) is 2.15. The van der Waals surface area contributed by atoms with E-state index >= 15 is 0 Å². The highest BCUT2D eigenvalue weighted by Crippen LogP contribution is 2.24.